The molecule has 0 saturated heterocycles. The molecule has 0 spiro atoms. The van der Waals surface area contributed by atoms with Gasteiger partial charge in [-0.25, -0.2) is 9.18 Å². The lowest BCUT2D eigenvalue weighted by Crippen LogP contribution is -2.33. The molecule has 0 unspecified atom stereocenters. The van der Waals surface area contributed by atoms with Gasteiger partial charge in [0.1, 0.15) is 17.9 Å². The van der Waals surface area contributed by atoms with Crippen LogP contribution in [-0.2, 0) is 14.3 Å². The molecule has 4 nitrogen and oxygen atoms in total. The summed E-state index contributed by atoms with van der Waals surface area (Å²) in [6.45, 7) is 1.77. The predicted octanol–water partition coefficient (Wildman–Crippen LogP) is 4.29. The standard InChI is InChI=1S/C22H21FO4/c1-2-27-22(26)21-19(25)12-16(14-8-4-3-5-9-14)17(13-24)20(21)15-10-6-7-11-18(15)23/h3-11,13,16-17,20,25H,2,12H2,1H3/t16-,17+,20-/m1/s1. The molecule has 1 aliphatic carbocycles. The Morgan fingerprint density at radius 2 is 1.85 bits per heavy atom. The first-order valence-corrected chi connectivity index (χ1v) is 8.92. The number of hydrogen-bond donors (Lipinski definition) is 1. The van der Waals surface area contributed by atoms with Gasteiger partial charge in [-0.3, -0.25) is 0 Å². The fourth-order valence-corrected chi connectivity index (χ4v) is 3.82. The zero-order valence-corrected chi connectivity index (χ0v) is 15.0. The van der Waals surface area contributed by atoms with Crippen LogP contribution >= 0.6 is 0 Å². The lowest BCUT2D eigenvalue weighted by molar-refractivity contribution is -0.139. The van der Waals surface area contributed by atoms with Gasteiger partial charge in [0, 0.05) is 24.2 Å². The molecule has 27 heavy (non-hydrogen) atoms. The number of hydrogen-bond acceptors (Lipinski definition) is 4. The summed E-state index contributed by atoms with van der Waals surface area (Å²) in [4.78, 5) is 24.6. The lowest BCUT2D eigenvalue weighted by Gasteiger charge is -2.36. The lowest BCUT2D eigenvalue weighted by atomic mass is 9.66. The van der Waals surface area contributed by atoms with Crippen LogP contribution in [0.15, 0.2) is 65.9 Å². The molecule has 1 aliphatic rings. The van der Waals surface area contributed by atoms with E-state index in [1.165, 1.54) is 12.1 Å². The molecule has 0 bridgehead atoms. The summed E-state index contributed by atoms with van der Waals surface area (Å²) in [5.41, 5.74) is 1.02. The van der Waals surface area contributed by atoms with E-state index in [1.54, 1.807) is 19.1 Å². The number of aliphatic hydroxyl groups is 1. The highest BCUT2D eigenvalue weighted by molar-refractivity contribution is 5.92. The van der Waals surface area contributed by atoms with Crippen molar-refractivity contribution in [2.45, 2.75) is 25.2 Å². The molecular formula is C22H21FO4. The molecular weight excluding hydrogens is 347 g/mol. The van der Waals surface area contributed by atoms with Crippen LogP contribution in [0.4, 0.5) is 4.39 Å². The van der Waals surface area contributed by atoms with Gasteiger partial charge in [-0.15, -0.1) is 0 Å². The summed E-state index contributed by atoms with van der Waals surface area (Å²) in [6, 6.07) is 15.3. The highest BCUT2D eigenvalue weighted by Crippen LogP contribution is 2.48. The molecule has 3 rings (SSSR count). The maximum Gasteiger partial charge on any atom is 0.338 e. The third-order valence-corrected chi connectivity index (χ3v) is 5.01. The minimum absolute atomic E-state index is 0.0359. The summed E-state index contributed by atoms with van der Waals surface area (Å²) in [7, 11) is 0. The average Bonchev–Trinajstić information content (AvgIpc) is 2.68. The number of aldehydes is 1. The number of esters is 1. The van der Waals surface area contributed by atoms with E-state index in [1.807, 2.05) is 30.3 Å². The van der Waals surface area contributed by atoms with Crippen molar-refractivity contribution in [2.75, 3.05) is 6.61 Å². The van der Waals surface area contributed by atoms with E-state index in [0.29, 0.717) is 0 Å². The van der Waals surface area contributed by atoms with Crippen LogP contribution in [0.1, 0.15) is 36.3 Å². The van der Waals surface area contributed by atoms with Crippen LogP contribution in [0.2, 0.25) is 0 Å². The largest absolute Gasteiger partial charge is 0.512 e. The van der Waals surface area contributed by atoms with Gasteiger partial charge < -0.3 is 14.6 Å². The second-order valence-electron chi connectivity index (χ2n) is 6.51. The summed E-state index contributed by atoms with van der Waals surface area (Å²) in [6.07, 6.45) is 0.868. The summed E-state index contributed by atoms with van der Waals surface area (Å²) < 4.78 is 19.7. The van der Waals surface area contributed by atoms with Gasteiger partial charge in [-0.1, -0.05) is 48.5 Å². The number of aliphatic hydroxyl groups excluding tert-OH is 1. The third kappa shape index (κ3) is 3.63. The van der Waals surface area contributed by atoms with E-state index in [-0.39, 0.29) is 35.8 Å². The van der Waals surface area contributed by atoms with Crippen LogP contribution in [0.5, 0.6) is 0 Å². The first-order valence-electron chi connectivity index (χ1n) is 8.92. The number of carbonyl (C=O) groups excluding carboxylic acids is 2. The Bertz CT molecular complexity index is 860. The van der Waals surface area contributed by atoms with Crippen LogP contribution in [0, 0.1) is 11.7 Å². The Hall–Kier alpha value is -2.95. The topological polar surface area (TPSA) is 63.6 Å². The fraction of sp³-hybridized carbons (Fsp3) is 0.273. The number of rotatable bonds is 5. The van der Waals surface area contributed by atoms with E-state index in [4.69, 9.17) is 4.74 Å². The summed E-state index contributed by atoms with van der Waals surface area (Å²) >= 11 is 0. The Balaban J connectivity index is 2.18. The Morgan fingerprint density at radius 1 is 1.19 bits per heavy atom. The highest BCUT2D eigenvalue weighted by atomic mass is 19.1. The Morgan fingerprint density at radius 3 is 2.48 bits per heavy atom. The Kier molecular flexibility index (Phi) is 5.69. The normalized spacial score (nSPS) is 22.4. The van der Waals surface area contributed by atoms with Crippen molar-refractivity contribution in [1.82, 2.24) is 0 Å². The number of benzene rings is 2. The highest BCUT2D eigenvalue weighted by Gasteiger charge is 2.44. The first-order chi connectivity index (χ1) is 13.1. The number of ether oxygens (including phenoxy) is 1. The van der Waals surface area contributed by atoms with Gasteiger partial charge in [0.15, 0.2) is 0 Å². The molecule has 0 heterocycles. The molecule has 3 atom stereocenters. The van der Waals surface area contributed by atoms with Gasteiger partial charge >= 0.3 is 5.97 Å². The summed E-state index contributed by atoms with van der Waals surface area (Å²) in [5, 5.41) is 10.7. The molecule has 1 N–H and O–H groups in total. The van der Waals surface area contributed by atoms with Crippen LogP contribution < -0.4 is 0 Å². The van der Waals surface area contributed by atoms with E-state index >= 15 is 0 Å². The average molecular weight is 368 g/mol. The van der Waals surface area contributed by atoms with Crippen molar-refractivity contribution >= 4 is 12.3 Å². The molecule has 2 aromatic rings. The van der Waals surface area contributed by atoms with Crippen LogP contribution in [-0.4, -0.2) is 24.0 Å². The zero-order valence-electron chi connectivity index (χ0n) is 15.0. The number of carbonyl (C=O) groups is 2. The smallest absolute Gasteiger partial charge is 0.338 e. The van der Waals surface area contributed by atoms with E-state index in [0.717, 1.165) is 11.8 Å². The quantitative estimate of drug-likeness (QED) is 0.632. The zero-order chi connectivity index (χ0) is 19.4. The summed E-state index contributed by atoms with van der Waals surface area (Å²) in [5.74, 6) is -3.40. The SMILES string of the molecule is CCOC(=O)C1=C(O)C[C@H](c2ccccc2)[C@H](C=O)[C@H]1c1ccccc1F. The van der Waals surface area contributed by atoms with Crippen molar-refractivity contribution in [3.8, 4) is 0 Å². The molecule has 0 fully saturated rings. The maximum atomic E-state index is 14.6. The molecule has 0 radical (unpaired) electrons. The third-order valence-electron chi connectivity index (χ3n) is 5.01. The van der Waals surface area contributed by atoms with Crippen LogP contribution in [0.3, 0.4) is 0 Å². The minimum Gasteiger partial charge on any atom is -0.512 e. The van der Waals surface area contributed by atoms with Crippen molar-refractivity contribution in [2.24, 2.45) is 5.92 Å². The van der Waals surface area contributed by atoms with Crippen molar-refractivity contribution in [3.63, 3.8) is 0 Å². The first kappa shape index (κ1) is 18.8. The molecule has 5 heteroatoms. The van der Waals surface area contributed by atoms with E-state index in [2.05, 4.69) is 0 Å². The van der Waals surface area contributed by atoms with Crippen molar-refractivity contribution in [3.05, 3.63) is 82.9 Å². The van der Waals surface area contributed by atoms with Gasteiger partial charge in [0.2, 0.25) is 0 Å². The van der Waals surface area contributed by atoms with Crippen LogP contribution in [0.25, 0.3) is 0 Å². The molecule has 2 aromatic carbocycles. The predicted molar refractivity (Wildman–Crippen MR) is 98.8 cm³/mol. The van der Waals surface area contributed by atoms with E-state index < -0.39 is 23.6 Å². The second-order valence-corrected chi connectivity index (χ2v) is 6.51. The number of halogens is 1. The van der Waals surface area contributed by atoms with Crippen molar-refractivity contribution < 1.29 is 23.8 Å². The molecule has 0 amide bonds. The Labute approximate surface area is 157 Å². The monoisotopic (exact) mass is 368 g/mol. The van der Waals surface area contributed by atoms with Gasteiger partial charge in [0.05, 0.1) is 12.2 Å². The molecule has 140 valence electrons. The molecule has 0 aliphatic heterocycles. The van der Waals surface area contributed by atoms with E-state index in [9.17, 15) is 19.1 Å². The number of allylic oxidation sites excluding steroid dienone is 1. The van der Waals surface area contributed by atoms with Gasteiger partial charge in [-0.05, 0) is 24.1 Å². The molecule has 0 aromatic heterocycles. The maximum absolute atomic E-state index is 14.6. The van der Waals surface area contributed by atoms with Gasteiger partial charge in [-0.2, -0.15) is 0 Å². The van der Waals surface area contributed by atoms with Gasteiger partial charge in [0.25, 0.3) is 0 Å². The van der Waals surface area contributed by atoms with Crippen molar-refractivity contribution in [1.29, 1.82) is 0 Å². The minimum atomic E-state index is -0.915. The molecule has 0 saturated carbocycles. The fourth-order valence-electron chi connectivity index (χ4n) is 3.82. The second kappa shape index (κ2) is 8.16.